The van der Waals surface area contributed by atoms with Gasteiger partial charge in [0.1, 0.15) is 0 Å². The normalized spacial score (nSPS) is 8.67. The van der Waals surface area contributed by atoms with Gasteiger partial charge in [0.15, 0.2) is 5.76 Å². The van der Waals surface area contributed by atoms with Gasteiger partial charge in [-0.15, -0.1) is 0 Å². The Bertz CT molecular complexity index is 347. The molecule has 0 spiro atoms. The van der Waals surface area contributed by atoms with E-state index in [2.05, 4.69) is 9.21 Å². The van der Waals surface area contributed by atoms with Crippen LogP contribution in [0.3, 0.4) is 0 Å². The van der Waals surface area contributed by atoms with Gasteiger partial charge in [-0.2, -0.15) is 4.79 Å². The average Bonchev–Trinajstić information content (AvgIpc) is 2.58. The summed E-state index contributed by atoms with van der Waals surface area (Å²) in [5.74, 6) is -0.771. The Morgan fingerprint density at radius 1 is 1.67 bits per heavy atom. The minimum atomic E-state index is -0.738. The van der Waals surface area contributed by atoms with Crippen molar-refractivity contribution in [2.45, 2.75) is 0 Å². The molecule has 1 heterocycles. The largest absolute Gasteiger partial charge is 0.461 e. The number of ketones is 1. The molecule has 0 bridgehead atoms. The van der Waals surface area contributed by atoms with E-state index in [1.54, 1.807) is 0 Å². The van der Waals surface area contributed by atoms with Crippen molar-refractivity contribution in [1.82, 2.24) is 0 Å². The van der Waals surface area contributed by atoms with Crippen LogP contribution >= 0.6 is 0 Å². The van der Waals surface area contributed by atoms with Gasteiger partial charge in [0.05, 0.1) is 6.26 Å². The molecule has 0 radical (unpaired) electrons. The highest BCUT2D eigenvalue weighted by Crippen LogP contribution is 2.00. The zero-order valence-corrected chi connectivity index (χ0v) is 5.93. The lowest BCUT2D eigenvalue weighted by molar-refractivity contribution is -0.106. The molecular formula is C7H4N2O3. The quantitative estimate of drug-likeness (QED) is 0.161. The second-order valence-electron chi connectivity index (χ2n) is 1.91. The minimum absolute atomic E-state index is 0.0325. The number of carbonyl (C=O) groups is 2. The van der Waals surface area contributed by atoms with E-state index < -0.39 is 11.5 Å². The summed E-state index contributed by atoms with van der Waals surface area (Å²) in [4.78, 5) is 23.7. The van der Waals surface area contributed by atoms with Crippen LogP contribution in [0.4, 0.5) is 0 Å². The molecule has 0 aromatic carbocycles. The molecule has 1 rings (SSSR count). The van der Waals surface area contributed by atoms with Crippen LogP contribution in [0.1, 0.15) is 10.6 Å². The maximum absolute atomic E-state index is 11.1. The van der Waals surface area contributed by atoms with Gasteiger partial charge in [0.25, 0.3) is 0 Å². The first-order chi connectivity index (χ1) is 5.79. The fourth-order valence-corrected chi connectivity index (χ4v) is 0.656. The number of furan rings is 1. The average molecular weight is 164 g/mol. The maximum Gasteiger partial charge on any atom is 0.405 e. The van der Waals surface area contributed by atoms with Crippen LogP contribution in [0.5, 0.6) is 0 Å². The van der Waals surface area contributed by atoms with Gasteiger partial charge in [-0.25, -0.2) is 0 Å². The Hall–Kier alpha value is -2.00. The highest BCUT2D eigenvalue weighted by Gasteiger charge is 2.23. The summed E-state index contributed by atoms with van der Waals surface area (Å²) in [6.07, 6.45) is 1.44. The van der Waals surface area contributed by atoms with E-state index in [1.165, 1.54) is 18.4 Å². The van der Waals surface area contributed by atoms with Gasteiger partial charge in [0.2, 0.25) is 6.29 Å². The van der Waals surface area contributed by atoms with Gasteiger partial charge in [-0.1, -0.05) is 0 Å². The van der Waals surface area contributed by atoms with Crippen LogP contribution < -0.4 is 0 Å². The van der Waals surface area contributed by atoms with Crippen molar-refractivity contribution in [3.8, 4) is 0 Å². The first kappa shape index (κ1) is 8.10. The standard InChI is InChI=1S/C7H4N2O3/c8-9-5(4-10)7(11)6-2-1-3-12-6/h1-4H. The molecule has 0 aliphatic carbocycles. The molecular weight excluding hydrogens is 160 g/mol. The molecule has 12 heavy (non-hydrogen) atoms. The Morgan fingerprint density at radius 2 is 2.42 bits per heavy atom. The molecule has 0 N–H and O–H groups in total. The third-order valence-corrected chi connectivity index (χ3v) is 1.20. The third-order valence-electron chi connectivity index (χ3n) is 1.20. The van der Waals surface area contributed by atoms with Gasteiger partial charge < -0.3 is 9.95 Å². The lowest BCUT2D eigenvalue weighted by Crippen LogP contribution is -2.15. The number of carbonyl (C=O) groups excluding carboxylic acids is 2. The third kappa shape index (κ3) is 1.36. The molecule has 5 nitrogen and oxygen atoms in total. The molecule has 0 saturated heterocycles. The van der Waals surface area contributed by atoms with E-state index in [0.29, 0.717) is 0 Å². The Labute approximate surface area is 67.2 Å². The maximum atomic E-state index is 11.1. The smallest absolute Gasteiger partial charge is 0.405 e. The van der Waals surface area contributed by atoms with Crippen LogP contribution in [0.15, 0.2) is 22.8 Å². The van der Waals surface area contributed by atoms with Crippen molar-refractivity contribution in [3.05, 3.63) is 29.7 Å². The number of Topliss-reactive ketones (excluding diaryl/α,β-unsaturated/α-hetero) is 1. The van der Waals surface area contributed by atoms with Crippen molar-refractivity contribution in [2.24, 2.45) is 0 Å². The minimum Gasteiger partial charge on any atom is -0.461 e. The Kier molecular flexibility index (Phi) is 2.30. The zero-order chi connectivity index (χ0) is 8.97. The van der Waals surface area contributed by atoms with Crippen molar-refractivity contribution < 1.29 is 18.8 Å². The molecule has 0 aliphatic heterocycles. The molecule has 1 aromatic rings. The summed E-state index contributed by atoms with van der Waals surface area (Å²) in [6, 6.07) is 2.87. The predicted octanol–water partition coefficient (Wildman–Crippen LogP) is 0.332. The summed E-state index contributed by atoms with van der Waals surface area (Å²) in [5, 5.41) is 0. The van der Waals surface area contributed by atoms with Crippen LogP contribution in [0.25, 0.3) is 5.53 Å². The molecule has 0 saturated carbocycles. The lowest BCUT2D eigenvalue weighted by Gasteiger charge is -1.82. The monoisotopic (exact) mass is 164 g/mol. The number of nitrogens with zero attached hydrogens (tertiary/aromatic N) is 2. The van der Waals surface area contributed by atoms with Crippen molar-refractivity contribution >= 4 is 17.8 Å². The molecule has 0 atom stereocenters. The summed E-state index contributed by atoms with van der Waals surface area (Å²) < 4.78 is 4.68. The van der Waals surface area contributed by atoms with Crippen LogP contribution in [0, 0.1) is 0 Å². The Balaban J connectivity index is 3.00. The van der Waals surface area contributed by atoms with Crippen LogP contribution in [-0.4, -0.2) is 22.6 Å². The zero-order valence-electron chi connectivity index (χ0n) is 5.93. The number of aldehydes is 1. The highest BCUT2D eigenvalue weighted by molar-refractivity contribution is 6.61. The van der Waals surface area contributed by atoms with Crippen LogP contribution in [0.2, 0.25) is 0 Å². The summed E-state index contributed by atoms with van der Waals surface area (Å²) in [6.45, 7) is 0. The molecule has 1 aromatic heterocycles. The summed E-state index contributed by atoms with van der Waals surface area (Å²) >= 11 is 0. The van der Waals surface area contributed by atoms with Crippen molar-refractivity contribution in [3.63, 3.8) is 0 Å². The Morgan fingerprint density at radius 3 is 2.83 bits per heavy atom. The molecule has 0 fully saturated rings. The number of hydrogen-bond donors (Lipinski definition) is 0. The lowest BCUT2D eigenvalue weighted by atomic mass is 10.2. The fraction of sp³-hybridized carbons (Fsp3) is 0. The first-order valence-electron chi connectivity index (χ1n) is 3.05. The van der Waals surface area contributed by atoms with E-state index in [1.807, 2.05) is 0 Å². The van der Waals surface area contributed by atoms with Gasteiger partial charge in [0, 0.05) is 0 Å². The van der Waals surface area contributed by atoms with E-state index in [0.717, 1.165) is 0 Å². The van der Waals surface area contributed by atoms with Gasteiger partial charge in [-0.05, 0) is 12.1 Å². The highest BCUT2D eigenvalue weighted by atomic mass is 16.3. The summed E-state index contributed by atoms with van der Waals surface area (Å²) in [7, 11) is 0. The van der Waals surface area contributed by atoms with Crippen molar-refractivity contribution in [1.29, 1.82) is 0 Å². The first-order valence-corrected chi connectivity index (χ1v) is 3.05. The van der Waals surface area contributed by atoms with E-state index in [4.69, 9.17) is 5.53 Å². The van der Waals surface area contributed by atoms with Gasteiger partial charge >= 0.3 is 11.5 Å². The second kappa shape index (κ2) is 3.41. The van der Waals surface area contributed by atoms with E-state index in [-0.39, 0.29) is 12.0 Å². The topological polar surface area (TPSA) is 83.7 Å². The number of hydrogen-bond acceptors (Lipinski definition) is 3. The molecule has 60 valence electrons. The van der Waals surface area contributed by atoms with E-state index >= 15 is 0 Å². The van der Waals surface area contributed by atoms with Crippen molar-refractivity contribution in [2.75, 3.05) is 0 Å². The molecule has 5 heteroatoms. The molecule has 0 aliphatic rings. The second-order valence-corrected chi connectivity index (χ2v) is 1.91. The molecule has 0 unspecified atom stereocenters. The van der Waals surface area contributed by atoms with E-state index in [9.17, 15) is 9.59 Å². The number of rotatable bonds is 3. The van der Waals surface area contributed by atoms with Gasteiger partial charge in [-0.3, -0.25) is 9.59 Å². The van der Waals surface area contributed by atoms with Crippen LogP contribution in [-0.2, 0) is 4.79 Å². The summed E-state index contributed by atoms with van der Waals surface area (Å²) in [5.41, 5.74) is 7.61. The SMILES string of the molecule is [N-]=[N+]=C(C=O)C(=O)c1ccco1. The predicted molar refractivity (Wildman–Crippen MR) is 37.7 cm³/mol. The molecule has 0 amide bonds. The fourth-order valence-electron chi connectivity index (χ4n) is 0.656.